The molecule has 1 aliphatic heterocycles. The second kappa shape index (κ2) is 4.89. The van der Waals surface area contributed by atoms with Gasteiger partial charge in [-0.25, -0.2) is 0 Å². The number of hydrogen-bond acceptors (Lipinski definition) is 3. The molecule has 0 radical (unpaired) electrons. The normalized spacial score (nSPS) is 19.6. The van der Waals surface area contributed by atoms with Gasteiger partial charge in [-0.2, -0.15) is 0 Å². The lowest BCUT2D eigenvalue weighted by Gasteiger charge is -2.38. The van der Waals surface area contributed by atoms with Gasteiger partial charge in [0, 0.05) is 35.1 Å². The van der Waals surface area contributed by atoms with Gasteiger partial charge >= 0.3 is 0 Å². The molecule has 14 heavy (non-hydrogen) atoms. The summed E-state index contributed by atoms with van der Waals surface area (Å²) in [6.07, 6.45) is 0. The van der Waals surface area contributed by atoms with Gasteiger partial charge in [0.15, 0.2) is 0 Å². The first-order chi connectivity index (χ1) is 6.54. The van der Waals surface area contributed by atoms with E-state index in [1.54, 1.807) is 4.90 Å². The van der Waals surface area contributed by atoms with Crippen molar-refractivity contribution in [1.29, 1.82) is 0 Å². The third kappa shape index (κ3) is 2.78. The molecule has 1 atom stereocenters. The molecule has 0 aromatic carbocycles. The smallest absolute Gasteiger partial charge is 0.235 e. The molecule has 1 amide bonds. The van der Waals surface area contributed by atoms with Crippen LogP contribution in [-0.4, -0.2) is 45.7 Å². The van der Waals surface area contributed by atoms with Crippen LogP contribution in [0.2, 0.25) is 0 Å². The number of amides is 1. The van der Waals surface area contributed by atoms with E-state index in [0.29, 0.717) is 12.5 Å². The van der Waals surface area contributed by atoms with Crippen LogP contribution in [0.25, 0.3) is 0 Å². The highest BCUT2D eigenvalue weighted by atomic mass is 32.2. The van der Waals surface area contributed by atoms with Crippen LogP contribution in [0.1, 0.15) is 13.8 Å². The fourth-order valence-electron chi connectivity index (χ4n) is 1.30. The standard InChI is InChI=1S/C9H18N2O2S/c1-7(2)14(13)6-9(12)11-4-8(3-10)5-11/h7-8H,3-6,10H2,1-2H3. The highest BCUT2D eigenvalue weighted by Gasteiger charge is 2.30. The van der Waals surface area contributed by atoms with Gasteiger partial charge in [-0.3, -0.25) is 9.00 Å². The molecule has 82 valence electrons. The molecule has 0 saturated carbocycles. The Morgan fingerprint density at radius 1 is 1.57 bits per heavy atom. The van der Waals surface area contributed by atoms with E-state index < -0.39 is 10.8 Å². The van der Waals surface area contributed by atoms with E-state index in [1.165, 1.54) is 0 Å². The van der Waals surface area contributed by atoms with Crippen molar-refractivity contribution in [3.05, 3.63) is 0 Å². The number of hydrogen-bond donors (Lipinski definition) is 1. The molecule has 4 nitrogen and oxygen atoms in total. The Morgan fingerprint density at radius 2 is 2.14 bits per heavy atom. The Hall–Kier alpha value is -0.420. The minimum atomic E-state index is -1.03. The summed E-state index contributed by atoms with van der Waals surface area (Å²) in [4.78, 5) is 13.2. The maximum absolute atomic E-state index is 11.5. The second-order valence-corrected chi connectivity index (χ2v) is 5.97. The maximum atomic E-state index is 11.5. The Morgan fingerprint density at radius 3 is 2.57 bits per heavy atom. The summed E-state index contributed by atoms with van der Waals surface area (Å²) in [7, 11) is -1.03. The van der Waals surface area contributed by atoms with Crippen molar-refractivity contribution in [3.63, 3.8) is 0 Å². The number of carbonyl (C=O) groups is 1. The average molecular weight is 218 g/mol. The topological polar surface area (TPSA) is 63.4 Å². The Bertz CT molecular complexity index is 237. The summed E-state index contributed by atoms with van der Waals surface area (Å²) in [6, 6.07) is 0. The summed E-state index contributed by atoms with van der Waals surface area (Å²) in [5, 5.41) is 0.0607. The summed E-state index contributed by atoms with van der Waals surface area (Å²) < 4.78 is 11.4. The van der Waals surface area contributed by atoms with Crippen LogP contribution in [0.5, 0.6) is 0 Å². The average Bonchev–Trinajstić information content (AvgIpc) is 2.01. The molecule has 1 heterocycles. The molecular formula is C9H18N2O2S. The minimum Gasteiger partial charge on any atom is -0.341 e. The van der Waals surface area contributed by atoms with Crippen LogP contribution in [0.3, 0.4) is 0 Å². The number of carbonyl (C=O) groups excluding carboxylic acids is 1. The van der Waals surface area contributed by atoms with Gasteiger partial charge in [-0.15, -0.1) is 0 Å². The van der Waals surface area contributed by atoms with Crippen molar-refractivity contribution in [2.75, 3.05) is 25.4 Å². The molecule has 0 bridgehead atoms. The van der Waals surface area contributed by atoms with Crippen molar-refractivity contribution < 1.29 is 9.00 Å². The molecule has 0 spiro atoms. The third-order valence-electron chi connectivity index (χ3n) is 2.43. The van der Waals surface area contributed by atoms with Crippen molar-refractivity contribution in [1.82, 2.24) is 4.90 Å². The largest absolute Gasteiger partial charge is 0.341 e. The van der Waals surface area contributed by atoms with Crippen LogP contribution in [-0.2, 0) is 15.6 Å². The summed E-state index contributed by atoms with van der Waals surface area (Å²) in [5.74, 6) is 0.614. The molecule has 1 aliphatic rings. The van der Waals surface area contributed by atoms with Crippen molar-refractivity contribution in [2.45, 2.75) is 19.1 Å². The number of nitrogens with two attached hydrogens (primary N) is 1. The summed E-state index contributed by atoms with van der Waals surface area (Å²) in [6.45, 7) is 5.84. The zero-order valence-electron chi connectivity index (χ0n) is 8.73. The molecule has 1 saturated heterocycles. The fourth-order valence-corrected chi connectivity index (χ4v) is 2.06. The van der Waals surface area contributed by atoms with Crippen LogP contribution in [0.15, 0.2) is 0 Å². The molecular weight excluding hydrogens is 200 g/mol. The first-order valence-electron chi connectivity index (χ1n) is 4.89. The predicted molar refractivity (Wildman–Crippen MR) is 57.3 cm³/mol. The zero-order chi connectivity index (χ0) is 10.7. The maximum Gasteiger partial charge on any atom is 0.235 e. The van der Waals surface area contributed by atoms with Gasteiger partial charge < -0.3 is 10.6 Å². The SMILES string of the molecule is CC(C)S(=O)CC(=O)N1CC(CN)C1. The van der Waals surface area contributed by atoms with Crippen LogP contribution in [0, 0.1) is 5.92 Å². The van der Waals surface area contributed by atoms with Crippen molar-refractivity contribution in [3.8, 4) is 0 Å². The highest BCUT2D eigenvalue weighted by molar-refractivity contribution is 7.86. The number of likely N-dealkylation sites (tertiary alicyclic amines) is 1. The van der Waals surface area contributed by atoms with Crippen molar-refractivity contribution >= 4 is 16.7 Å². The monoisotopic (exact) mass is 218 g/mol. The zero-order valence-corrected chi connectivity index (χ0v) is 9.55. The van der Waals surface area contributed by atoms with Gasteiger partial charge in [0.05, 0.1) is 0 Å². The van der Waals surface area contributed by atoms with Gasteiger partial charge in [0.2, 0.25) is 5.91 Å². The van der Waals surface area contributed by atoms with Crippen LogP contribution in [0.4, 0.5) is 0 Å². The lowest BCUT2D eigenvalue weighted by atomic mass is 10.0. The Labute approximate surface area is 87.3 Å². The van der Waals surface area contributed by atoms with Crippen molar-refractivity contribution in [2.24, 2.45) is 11.7 Å². The molecule has 2 N–H and O–H groups in total. The first kappa shape index (κ1) is 11.7. The lowest BCUT2D eigenvalue weighted by Crippen LogP contribution is -2.53. The van der Waals surface area contributed by atoms with E-state index in [1.807, 2.05) is 13.8 Å². The van der Waals surface area contributed by atoms with Gasteiger partial charge in [0.25, 0.3) is 0 Å². The molecule has 5 heteroatoms. The summed E-state index contributed by atoms with van der Waals surface area (Å²) in [5.41, 5.74) is 5.45. The molecule has 0 aromatic rings. The van der Waals surface area contributed by atoms with Crippen LogP contribution >= 0.6 is 0 Å². The van der Waals surface area contributed by atoms with Gasteiger partial charge in [-0.05, 0) is 6.54 Å². The fraction of sp³-hybridized carbons (Fsp3) is 0.889. The molecule has 1 unspecified atom stereocenters. The molecule has 1 fully saturated rings. The third-order valence-corrected chi connectivity index (χ3v) is 4.02. The quantitative estimate of drug-likeness (QED) is 0.696. The van der Waals surface area contributed by atoms with E-state index >= 15 is 0 Å². The summed E-state index contributed by atoms with van der Waals surface area (Å²) >= 11 is 0. The Kier molecular flexibility index (Phi) is 4.07. The predicted octanol–water partition coefficient (Wildman–Crippen LogP) is -0.439. The molecule has 0 aliphatic carbocycles. The van der Waals surface area contributed by atoms with E-state index in [2.05, 4.69) is 0 Å². The number of rotatable bonds is 4. The van der Waals surface area contributed by atoms with Gasteiger partial charge in [-0.1, -0.05) is 13.8 Å². The lowest BCUT2D eigenvalue weighted by molar-refractivity contribution is -0.134. The Balaban J connectivity index is 2.27. The second-order valence-electron chi connectivity index (χ2n) is 3.97. The van der Waals surface area contributed by atoms with E-state index in [4.69, 9.17) is 5.73 Å². The minimum absolute atomic E-state index is 0.00160. The van der Waals surface area contributed by atoms with E-state index in [9.17, 15) is 9.00 Å². The van der Waals surface area contributed by atoms with Crippen LogP contribution < -0.4 is 5.73 Å². The molecule has 0 aromatic heterocycles. The molecule has 1 rings (SSSR count). The highest BCUT2D eigenvalue weighted by Crippen LogP contribution is 2.14. The first-order valence-corrected chi connectivity index (χ1v) is 6.27. The number of nitrogens with zero attached hydrogens (tertiary/aromatic N) is 1. The van der Waals surface area contributed by atoms with E-state index in [-0.39, 0.29) is 16.9 Å². The van der Waals surface area contributed by atoms with Gasteiger partial charge in [0.1, 0.15) is 5.75 Å². The van der Waals surface area contributed by atoms with E-state index in [0.717, 1.165) is 13.1 Å².